The molecule has 0 radical (unpaired) electrons. The van der Waals surface area contributed by atoms with E-state index in [-0.39, 0.29) is 0 Å². The number of aromatic nitrogens is 3. The second-order valence-corrected chi connectivity index (χ2v) is 2.45. The molecule has 0 aliphatic rings. The van der Waals surface area contributed by atoms with Gasteiger partial charge in [0.2, 0.25) is 6.33 Å². The van der Waals surface area contributed by atoms with E-state index < -0.39 is 0 Å². The standard InChI is InChI=1S/C6H11N3S/c1-2-3-8-4-7-9(5-8)6-10/h4-5H,2-3,6H2,1H3/p+1. The van der Waals surface area contributed by atoms with Crippen LogP contribution in [0.25, 0.3) is 0 Å². The summed E-state index contributed by atoms with van der Waals surface area (Å²) in [7, 11) is 0. The van der Waals surface area contributed by atoms with E-state index in [2.05, 4.69) is 29.2 Å². The molecule has 0 aromatic carbocycles. The van der Waals surface area contributed by atoms with Crippen molar-refractivity contribution in [2.24, 2.45) is 0 Å². The van der Waals surface area contributed by atoms with Crippen molar-refractivity contribution in [3.8, 4) is 0 Å². The van der Waals surface area contributed by atoms with Crippen LogP contribution in [0.4, 0.5) is 0 Å². The van der Waals surface area contributed by atoms with Crippen LogP contribution < -0.4 is 4.57 Å². The Morgan fingerprint density at radius 2 is 2.50 bits per heavy atom. The Morgan fingerprint density at radius 3 is 3.00 bits per heavy atom. The van der Waals surface area contributed by atoms with Gasteiger partial charge in [0.25, 0.3) is 6.33 Å². The average molecular weight is 158 g/mol. The van der Waals surface area contributed by atoms with E-state index in [0.717, 1.165) is 13.0 Å². The highest BCUT2D eigenvalue weighted by Crippen LogP contribution is 1.82. The number of hydrogen-bond acceptors (Lipinski definition) is 2. The normalized spacial score (nSPS) is 10.2. The van der Waals surface area contributed by atoms with Gasteiger partial charge in [-0.2, -0.15) is 0 Å². The molecule has 0 aliphatic carbocycles. The van der Waals surface area contributed by atoms with Gasteiger partial charge in [-0.05, 0) is 6.42 Å². The predicted molar refractivity (Wildman–Crippen MR) is 41.7 cm³/mol. The average Bonchev–Trinajstić information content (AvgIpc) is 2.37. The SMILES string of the molecule is CCC[n+]1cnn(CS)c1. The molecule has 0 saturated heterocycles. The highest BCUT2D eigenvalue weighted by Gasteiger charge is 2.00. The molecule has 0 bridgehead atoms. The maximum atomic E-state index is 4.08. The molecule has 56 valence electrons. The van der Waals surface area contributed by atoms with Gasteiger partial charge in [-0.25, -0.2) is 4.57 Å². The second-order valence-electron chi connectivity index (χ2n) is 2.17. The smallest absolute Gasteiger partial charge is 0.237 e. The van der Waals surface area contributed by atoms with Crippen LogP contribution in [0.15, 0.2) is 12.7 Å². The Morgan fingerprint density at radius 1 is 1.70 bits per heavy atom. The summed E-state index contributed by atoms with van der Waals surface area (Å²) in [5.74, 6) is 0.650. The van der Waals surface area contributed by atoms with Gasteiger partial charge in [-0.15, -0.1) is 17.3 Å². The van der Waals surface area contributed by atoms with Gasteiger partial charge in [-0.1, -0.05) is 6.92 Å². The third-order valence-electron chi connectivity index (χ3n) is 1.26. The third-order valence-corrected chi connectivity index (χ3v) is 1.55. The maximum absolute atomic E-state index is 4.08. The first-order valence-corrected chi connectivity index (χ1v) is 4.02. The summed E-state index contributed by atoms with van der Waals surface area (Å²) in [5.41, 5.74) is 0. The lowest BCUT2D eigenvalue weighted by molar-refractivity contribution is -0.697. The predicted octanol–water partition coefficient (Wildman–Crippen LogP) is 0.468. The highest BCUT2D eigenvalue weighted by molar-refractivity contribution is 7.79. The molecule has 0 amide bonds. The number of hydrogen-bond donors (Lipinski definition) is 1. The van der Waals surface area contributed by atoms with E-state index in [0.29, 0.717) is 5.88 Å². The fourth-order valence-corrected chi connectivity index (χ4v) is 0.956. The van der Waals surface area contributed by atoms with Crippen molar-refractivity contribution >= 4 is 12.6 Å². The van der Waals surface area contributed by atoms with Gasteiger partial charge in [0.05, 0.1) is 6.54 Å². The quantitative estimate of drug-likeness (QED) is 0.501. The van der Waals surface area contributed by atoms with E-state index >= 15 is 0 Å². The molecule has 1 aromatic heterocycles. The molecule has 0 atom stereocenters. The van der Waals surface area contributed by atoms with Crippen LogP contribution >= 0.6 is 12.6 Å². The molecular formula is C6H12N3S+. The topological polar surface area (TPSA) is 21.7 Å². The first kappa shape index (κ1) is 7.60. The first-order chi connectivity index (χ1) is 4.86. The summed E-state index contributed by atoms with van der Waals surface area (Å²) < 4.78 is 3.84. The summed E-state index contributed by atoms with van der Waals surface area (Å²) >= 11 is 4.08. The Labute approximate surface area is 66.1 Å². The molecule has 1 rings (SSSR count). The summed E-state index contributed by atoms with van der Waals surface area (Å²) in [4.78, 5) is 0. The monoisotopic (exact) mass is 158 g/mol. The van der Waals surface area contributed by atoms with Gasteiger partial charge < -0.3 is 0 Å². The molecule has 0 saturated carbocycles. The summed E-state index contributed by atoms with van der Waals surface area (Å²) in [6.45, 7) is 3.18. The molecule has 10 heavy (non-hydrogen) atoms. The largest absolute Gasteiger partial charge is 0.265 e. The van der Waals surface area contributed by atoms with Crippen molar-refractivity contribution < 1.29 is 4.57 Å². The minimum atomic E-state index is 0.650. The van der Waals surface area contributed by atoms with Crippen molar-refractivity contribution in [1.29, 1.82) is 0 Å². The van der Waals surface area contributed by atoms with E-state index in [9.17, 15) is 0 Å². The zero-order valence-corrected chi connectivity index (χ0v) is 6.96. The van der Waals surface area contributed by atoms with Crippen LogP contribution in [0, 0.1) is 0 Å². The zero-order chi connectivity index (χ0) is 7.40. The van der Waals surface area contributed by atoms with E-state index in [1.54, 1.807) is 4.68 Å². The maximum Gasteiger partial charge on any atom is 0.265 e. The number of nitrogens with zero attached hydrogens (tertiary/aromatic N) is 3. The van der Waals surface area contributed by atoms with Gasteiger partial charge >= 0.3 is 0 Å². The molecule has 0 N–H and O–H groups in total. The first-order valence-electron chi connectivity index (χ1n) is 3.39. The van der Waals surface area contributed by atoms with Crippen LogP contribution in [-0.4, -0.2) is 9.78 Å². The van der Waals surface area contributed by atoms with Crippen LogP contribution in [0.5, 0.6) is 0 Å². The Bertz CT molecular complexity index is 197. The van der Waals surface area contributed by atoms with Crippen LogP contribution in [0.1, 0.15) is 13.3 Å². The molecule has 3 nitrogen and oxygen atoms in total. The Kier molecular flexibility index (Phi) is 2.74. The molecule has 0 fully saturated rings. The Hall–Kier alpha value is -0.510. The summed E-state index contributed by atoms with van der Waals surface area (Å²) in [5, 5.41) is 4.06. The molecule has 4 heteroatoms. The van der Waals surface area contributed by atoms with Gasteiger partial charge in [-0.3, -0.25) is 0 Å². The number of aryl methyl sites for hydroxylation is 1. The fraction of sp³-hybridized carbons (Fsp3) is 0.667. The minimum absolute atomic E-state index is 0.650. The molecular weight excluding hydrogens is 146 g/mol. The number of thiol groups is 1. The van der Waals surface area contributed by atoms with E-state index in [1.165, 1.54) is 0 Å². The van der Waals surface area contributed by atoms with E-state index in [1.807, 2.05) is 12.7 Å². The lowest BCUT2D eigenvalue weighted by Crippen LogP contribution is -2.30. The van der Waals surface area contributed by atoms with Crippen LogP contribution in [0.3, 0.4) is 0 Å². The summed E-state index contributed by atoms with van der Waals surface area (Å²) in [6.07, 6.45) is 4.92. The molecule has 0 unspecified atom stereocenters. The zero-order valence-electron chi connectivity index (χ0n) is 6.06. The molecule has 0 spiro atoms. The van der Waals surface area contributed by atoms with Crippen LogP contribution in [0.2, 0.25) is 0 Å². The van der Waals surface area contributed by atoms with E-state index in [4.69, 9.17) is 0 Å². The van der Waals surface area contributed by atoms with Crippen LogP contribution in [-0.2, 0) is 12.4 Å². The lowest BCUT2D eigenvalue weighted by Gasteiger charge is -1.87. The second kappa shape index (κ2) is 3.61. The van der Waals surface area contributed by atoms with Crippen molar-refractivity contribution in [3.05, 3.63) is 12.7 Å². The van der Waals surface area contributed by atoms with Gasteiger partial charge in [0, 0.05) is 5.10 Å². The highest BCUT2D eigenvalue weighted by atomic mass is 32.1. The van der Waals surface area contributed by atoms with Crippen molar-refractivity contribution in [3.63, 3.8) is 0 Å². The molecule has 1 aromatic rings. The van der Waals surface area contributed by atoms with Gasteiger partial charge in [0.1, 0.15) is 5.88 Å². The van der Waals surface area contributed by atoms with Crippen molar-refractivity contribution in [1.82, 2.24) is 9.78 Å². The van der Waals surface area contributed by atoms with Crippen molar-refractivity contribution in [2.75, 3.05) is 0 Å². The van der Waals surface area contributed by atoms with Gasteiger partial charge in [0.15, 0.2) is 0 Å². The number of rotatable bonds is 3. The Balaban J connectivity index is 2.59. The lowest BCUT2D eigenvalue weighted by atomic mass is 10.5. The minimum Gasteiger partial charge on any atom is -0.237 e. The van der Waals surface area contributed by atoms with Crippen molar-refractivity contribution in [2.45, 2.75) is 25.8 Å². The third kappa shape index (κ3) is 1.73. The fourth-order valence-electron chi connectivity index (χ4n) is 0.810. The molecule has 0 aliphatic heterocycles. The molecule has 1 heterocycles. The summed E-state index contributed by atoms with van der Waals surface area (Å²) in [6, 6.07) is 0.